The second-order valence-corrected chi connectivity index (χ2v) is 6.51. The average Bonchev–Trinajstić information content (AvgIpc) is 2.60. The van der Waals surface area contributed by atoms with Crippen LogP contribution in [0.4, 0.5) is 22.0 Å². The van der Waals surface area contributed by atoms with Gasteiger partial charge in [0.05, 0.1) is 5.56 Å². The molecule has 2 aromatic carbocycles. The highest BCUT2D eigenvalue weighted by atomic mass is 19.3. The first-order valence-electron chi connectivity index (χ1n) is 8.27. The van der Waals surface area contributed by atoms with Crippen molar-refractivity contribution in [2.45, 2.75) is 32.3 Å². The third-order valence-electron chi connectivity index (χ3n) is 4.47. The van der Waals surface area contributed by atoms with Gasteiger partial charge in [-0.3, -0.25) is 0 Å². The van der Waals surface area contributed by atoms with E-state index in [0.29, 0.717) is 18.1 Å². The van der Waals surface area contributed by atoms with Crippen LogP contribution in [0.5, 0.6) is 5.75 Å². The summed E-state index contributed by atoms with van der Waals surface area (Å²) in [5.41, 5.74) is 1.51. The zero-order valence-corrected chi connectivity index (χ0v) is 14.0. The normalized spacial score (nSPS) is 17.8. The molecule has 0 aliphatic heterocycles. The van der Waals surface area contributed by atoms with Gasteiger partial charge in [-0.1, -0.05) is 25.1 Å². The lowest BCUT2D eigenvalue weighted by atomic mass is 9.87. The monoisotopic (exact) mass is 368 g/mol. The van der Waals surface area contributed by atoms with Gasteiger partial charge in [-0.05, 0) is 48.4 Å². The molecule has 0 saturated carbocycles. The summed E-state index contributed by atoms with van der Waals surface area (Å²) in [4.78, 5) is 0. The van der Waals surface area contributed by atoms with Crippen molar-refractivity contribution < 1.29 is 26.7 Å². The molecule has 1 unspecified atom stereocenters. The minimum Gasteiger partial charge on any atom is -0.429 e. The molecule has 0 heterocycles. The van der Waals surface area contributed by atoms with Crippen LogP contribution in [0.2, 0.25) is 0 Å². The molecule has 1 atom stereocenters. The first-order valence-corrected chi connectivity index (χ1v) is 8.27. The fourth-order valence-electron chi connectivity index (χ4n) is 2.90. The summed E-state index contributed by atoms with van der Waals surface area (Å²) < 4.78 is 72.1. The molecule has 3 rings (SSSR count). The molecule has 0 aromatic heterocycles. The van der Waals surface area contributed by atoms with E-state index in [-0.39, 0.29) is 0 Å². The molecular weight excluding hydrogens is 351 g/mol. The van der Waals surface area contributed by atoms with Gasteiger partial charge >= 0.3 is 6.11 Å². The summed E-state index contributed by atoms with van der Waals surface area (Å²) in [6, 6.07) is 6.33. The summed E-state index contributed by atoms with van der Waals surface area (Å²) in [6.45, 7) is 2.16. The number of rotatable bonds is 4. The molecular formula is C20H17F5O. The van der Waals surface area contributed by atoms with E-state index in [1.807, 2.05) is 0 Å². The fraction of sp³-hybridized carbons (Fsp3) is 0.300. The second kappa shape index (κ2) is 7.09. The van der Waals surface area contributed by atoms with Gasteiger partial charge in [0.2, 0.25) is 0 Å². The van der Waals surface area contributed by atoms with Crippen LogP contribution < -0.4 is 4.74 Å². The quantitative estimate of drug-likeness (QED) is 0.446. The van der Waals surface area contributed by atoms with Crippen LogP contribution in [0.1, 0.15) is 37.3 Å². The predicted molar refractivity (Wildman–Crippen MR) is 88.3 cm³/mol. The summed E-state index contributed by atoms with van der Waals surface area (Å²) in [7, 11) is 0. The summed E-state index contributed by atoms with van der Waals surface area (Å²) in [5, 5.41) is 0. The second-order valence-electron chi connectivity index (χ2n) is 6.51. The Balaban J connectivity index is 1.79. The number of benzene rings is 2. The van der Waals surface area contributed by atoms with Crippen molar-refractivity contribution in [3.05, 3.63) is 71.1 Å². The number of hydrogen-bond donors (Lipinski definition) is 0. The molecule has 0 saturated heterocycles. The van der Waals surface area contributed by atoms with Gasteiger partial charge in [0.15, 0.2) is 17.5 Å². The van der Waals surface area contributed by atoms with Gasteiger partial charge in [-0.2, -0.15) is 8.78 Å². The molecule has 2 aromatic rings. The Hall–Kier alpha value is -2.37. The van der Waals surface area contributed by atoms with Gasteiger partial charge in [0, 0.05) is 12.1 Å². The molecule has 26 heavy (non-hydrogen) atoms. The Morgan fingerprint density at radius 1 is 1.00 bits per heavy atom. The van der Waals surface area contributed by atoms with Crippen LogP contribution in [0.15, 0.2) is 42.5 Å². The first kappa shape index (κ1) is 18.4. The van der Waals surface area contributed by atoms with E-state index in [0.717, 1.165) is 30.4 Å². The van der Waals surface area contributed by atoms with Crippen molar-refractivity contribution in [3.8, 4) is 5.75 Å². The maximum Gasteiger partial charge on any atom is 0.426 e. The maximum atomic E-state index is 14.3. The smallest absolute Gasteiger partial charge is 0.426 e. The zero-order valence-electron chi connectivity index (χ0n) is 14.0. The lowest BCUT2D eigenvalue weighted by Crippen LogP contribution is -2.22. The molecule has 0 fully saturated rings. The third-order valence-corrected chi connectivity index (χ3v) is 4.47. The van der Waals surface area contributed by atoms with Crippen molar-refractivity contribution in [1.29, 1.82) is 0 Å². The van der Waals surface area contributed by atoms with Crippen molar-refractivity contribution in [2.75, 3.05) is 0 Å². The van der Waals surface area contributed by atoms with Gasteiger partial charge < -0.3 is 4.74 Å². The number of alkyl halides is 2. The number of allylic oxidation sites excluding steroid dienone is 2. The van der Waals surface area contributed by atoms with E-state index in [1.165, 1.54) is 12.1 Å². The lowest BCUT2D eigenvalue weighted by Gasteiger charge is -2.20. The van der Waals surface area contributed by atoms with Crippen LogP contribution in [-0.4, -0.2) is 0 Å². The summed E-state index contributed by atoms with van der Waals surface area (Å²) in [6.07, 6.45) is 1.20. The lowest BCUT2D eigenvalue weighted by molar-refractivity contribution is -0.185. The van der Waals surface area contributed by atoms with E-state index in [2.05, 4.69) is 17.7 Å². The van der Waals surface area contributed by atoms with E-state index < -0.39 is 34.9 Å². The average molecular weight is 368 g/mol. The molecule has 0 bridgehead atoms. The summed E-state index contributed by atoms with van der Waals surface area (Å²) >= 11 is 0. The van der Waals surface area contributed by atoms with E-state index in [1.54, 1.807) is 12.1 Å². The van der Waals surface area contributed by atoms with Crippen molar-refractivity contribution in [1.82, 2.24) is 0 Å². The van der Waals surface area contributed by atoms with Crippen LogP contribution in [0.3, 0.4) is 0 Å². The van der Waals surface area contributed by atoms with E-state index >= 15 is 0 Å². The van der Waals surface area contributed by atoms with Crippen molar-refractivity contribution in [3.63, 3.8) is 0 Å². The molecule has 0 amide bonds. The van der Waals surface area contributed by atoms with E-state index in [4.69, 9.17) is 0 Å². The number of hydrogen-bond acceptors (Lipinski definition) is 1. The fourth-order valence-corrected chi connectivity index (χ4v) is 2.90. The molecule has 0 spiro atoms. The summed E-state index contributed by atoms with van der Waals surface area (Å²) in [5.74, 6) is -5.10. The van der Waals surface area contributed by atoms with Crippen molar-refractivity contribution >= 4 is 5.57 Å². The largest absolute Gasteiger partial charge is 0.429 e. The Labute approximate surface area is 148 Å². The minimum absolute atomic E-state index is 0.384. The van der Waals surface area contributed by atoms with Gasteiger partial charge in [0.25, 0.3) is 0 Å². The highest BCUT2D eigenvalue weighted by Crippen LogP contribution is 2.35. The number of ether oxygens (including phenoxy) is 1. The Bertz CT molecular complexity index is 804. The highest BCUT2D eigenvalue weighted by Gasteiger charge is 2.35. The van der Waals surface area contributed by atoms with Gasteiger partial charge in [-0.25, -0.2) is 13.2 Å². The van der Waals surface area contributed by atoms with E-state index in [9.17, 15) is 22.0 Å². The predicted octanol–water partition coefficient (Wildman–Crippen LogP) is 6.44. The zero-order chi connectivity index (χ0) is 18.9. The third kappa shape index (κ3) is 3.89. The Morgan fingerprint density at radius 2 is 1.62 bits per heavy atom. The maximum absolute atomic E-state index is 14.3. The van der Waals surface area contributed by atoms with Crippen LogP contribution in [-0.2, 0) is 6.11 Å². The SMILES string of the molecule is CC1CC=C(c2ccc(C(F)(F)Oc3cc(F)c(F)c(F)c3)cc2)CC1. The Kier molecular flexibility index (Phi) is 5.03. The molecule has 0 N–H and O–H groups in total. The standard InChI is InChI=1S/C20H17F5O/c1-12-2-4-13(5-3-12)14-6-8-15(9-7-14)20(24,25)26-16-10-17(21)19(23)18(22)11-16/h4,6-12H,2-3,5H2,1H3. The molecule has 6 heteroatoms. The molecule has 138 valence electrons. The minimum atomic E-state index is -3.81. The van der Waals surface area contributed by atoms with Gasteiger partial charge in [0.1, 0.15) is 5.75 Å². The topological polar surface area (TPSA) is 9.23 Å². The molecule has 0 radical (unpaired) electrons. The molecule has 1 aliphatic carbocycles. The van der Waals surface area contributed by atoms with Crippen molar-refractivity contribution in [2.24, 2.45) is 5.92 Å². The van der Waals surface area contributed by atoms with Crippen LogP contribution in [0, 0.1) is 23.4 Å². The van der Waals surface area contributed by atoms with Crippen LogP contribution in [0.25, 0.3) is 5.57 Å². The Morgan fingerprint density at radius 3 is 2.15 bits per heavy atom. The molecule has 1 nitrogen and oxygen atoms in total. The highest BCUT2D eigenvalue weighted by molar-refractivity contribution is 5.66. The molecule has 1 aliphatic rings. The number of halogens is 5. The first-order chi connectivity index (χ1) is 12.3. The van der Waals surface area contributed by atoms with Gasteiger partial charge in [-0.15, -0.1) is 0 Å². The van der Waals surface area contributed by atoms with Crippen LogP contribution >= 0.6 is 0 Å².